The maximum Gasteiger partial charge on any atom is 0.408 e. The fraction of sp³-hybridized carbons (Fsp3) is 0.522. The standard InChI is InChI=1S/C23H33N5O3S/c1-23(2,3)28(22(30)31)19(17-9-7-6-8-10-17)20(29)27-13-11-26(12-14-27)15-18-16-32-21(24-4)25(18)5/h6-10,16,19H,11-15H2,1-5H3,(H,30,31)/b24-21-/t19-/m1/s1. The van der Waals surface area contributed by atoms with Crippen LogP contribution in [0, 0.1) is 0 Å². The summed E-state index contributed by atoms with van der Waals surface area (Å²) in [4.78, 5) is 36.5. The number of amides is 2. The number of hydrogen-bond donors (Lipinski definition) is 1. The monoisotopic (exact) mass is 459 g/mol. The van der Waals surface area contributed by atoms with Gasteiger partial charge in [-0.3, -0.25) is 19.6 Å². The van der Waals surface area contributed by atoms with E-state index >= 15 is 0 Å². The maximum atomic E-state index is 13.6. The Morgan fingerprint density at radius 2 is 1.78 bits per heavy atom. The van der Waals surface area contributed by atoms with E-state index in [1.807, 2.05) is 58.2 Å². The summed E-state index contributed by atoms with van der Waals surface area (Å²) in [5, 5.41) is 12.1. The van der Waals surface area contributed by atoms with Gasteiger partial charge in [0.05, 0.1) is 0 Å². The van der Waals surface area contributed by atoms with Crippen molar-refractivity contribution in [1.29, 1.82) is 0 Å². The molecular formula is C23H33N5O3S. The third kappa shape index (κ3) is 5.21. The quantitative estimate of drug-likeness (QED) is 0.746. The van der Waals surface area contributed by atoms with Crippen molar-refractivity contribution in [2.45, 2.75) is 38.9 Å². The zero-order valence-electron chi connectivity index (χ0n) is 19.5. The van der Waals surface area contributed by atoms with E-state index in [1.165, 1.54) is 10.6 Å². The van der Waals surface area contributed by atoms with Gasteiger partial charge in [-0.15, -0.1) is 11.3 Å². The Balaban J connectivity index is 1.76. The largest absolute Gasteiger partial charge is 0.465 e. The van der Waals surface area contributed by atoms with Crippen LogP contribution in [0.1, 0.15) is 38.1 Å². The van der Waals surface area contributed by atoms with Crippen LogP contribution in [0.15, 0.2) is 40.7 Å². The topological polar surface area (TPSA) is 81.4 Å². The minimum atomic E-state index is -1.10. The van der Waals surface area contributed by atoms with Crippen molar-refractivity contribution in [3.63, 3.8) is 0 Å². The first-order chi connectivity index (χ1) is 15.1. The zero-order chi connectivity index (χ0) is 23.5. The molecule has 0 saturated carbocycles. The number of hydrogen-bond acceptors (Lipinski definition) is 5. The predicted molar refractivity (Wildman–Crippen MR) is 125 cm³/mol. The fourth-order valence-corrected chi connectivity index (χ4v) is 4.95. The lowest BCUT2D eigenvalue weighted by atomic mass is 9.97. The second-order valence-electron chi connectivity index (χ2n) is 9.03. The molecule has 0 spiro atoms. The Hall–Kier alpha value is -2.65. The normalized spacial score (nSPS) is 16.8. The average Bonchev–Trinajstić information content (AvgIpc) is 3.10. The van der Waals surface area contributed by atoms with Crippen LogP contribution >= 0.6 is 11.3 Å². The molecule has 3 rings (SSSR count). The summed E-state index contributed by atoms with van der Waals surface area (Å²) in [6.45, 7) is 8.88. The fourth-order valence-electron chi connectivity index (χ4n) is 4.10. The molecule has 2 amide bonds. The summed E-state index contributed by atoms with van der Waals surface area (Å²) >= 11 is 1.62. The molecule has 1 N–H and O–H groups in total. The molecule has 0 radical (unpaired) electrons. The van der Waals surface area contributed by atoms with E-state index in [9.17, 15) is 14.7 Å². The molecule has 1 aliphatic rings. The number of carboxylic acid groups (broad SMARTS) is 1. The van der Waals surface area contributed by atoms with Gasteiger partial charge in [-0.25, -0.2) is 4.79 Å². The van der Waals surface area contributed by atoms with Crippen LogP contribution in [0.3, 0.4) is 0 Å². The van der Waals surface area contributed by atoms with Gasteiger partial charge in [0.2, 0.25) is 5.91 Å². The highest BCUT2D eigenvalue weighted by Crippen LogP contribution is 2.30. The SMILES string of the molecule is C/N=c1\scc(CN2CCN(C(=O)[C@@H](c3ccccc3)N(C(=O)O)C(C)(C)C)CC2)n1C. The summed E-state index contributed by atoms with van der Waals surface area (Å²) in [7, 11) is 3.81. The van der Waals surface area contributed by atoms with Gasteiger partial charge in [0.15, 0.2) is 4.80 Å². The molecule has 1 aromatic heterocycles. The van der Waals surface area contributed by atoms with Crippen LogP contribution in [-0.4, -0.2) is 75.1 Å². The van der Waals surface area contributed by atoms with Crippen molar-refractivity contribution < 1.29 is 14.7 Å². The van der Waals surface area contributed by atoms with Gasteiger partial charge in [0.1, 0.15) is 6.04 Å². The Kier molecular flexibility index (Phi) is 7.40. The number of carbonyl (C=O) groups is 2. The van der Waals surface area contributed by atoms with Crippen LogP contribution in [0.2, 0.25) is 0 Å². The predicted octanol–water partition coefficient (Wildman–Crippen LogP) is 2.78. The van der Waals surface area contributed by atoms with Gasteiger partial charge in [-0.1, -0.05) is 30.3 Å². The highest BCUT2D eigenvalue weighted by atomic mass is 32.1. The Morgan fingerprint density at radius 1 is 1.16 bits per heavy atom. The van der Waals surface area contributed by atoms with Crippen molar-refractivity contribution in [3.8, 4) is 0 Å². The molecule has 174 valence electrons. The number of rotatable bonds is 5. The van der Waals surface area contributed by atoms with Gasteiger partial charge < -0.3 is 14.6 Å². The number of nitrogens with zero attached hydrogens (tertiary/aromatic N) is 5. The molecule has 1 atom stereocenters. The zero-order valence-corrected chi connectivity index (χ0v) is 20.3. The Morgan fingerprint density at radius 3 is 2.28 bits per heavy atom. The van der Waals surface area contributed by atoms with Gasteiger partial charge in [0.25, 0.3) is 0 Å². The van der Waals surface area contributed by atoms with Crippen molar-refractivity contribution in [3.05, 3.63) is 51.8 Å². The number of carbonyl (C=O) groups excluding carboxylic acids is 1. The molecule has 0 bridgehead atoms. The van der Waals surface area contributed by atoms with Crippen molar-refractivity contribution in [1.82, 2.24) is 19.3 Å². The third-order valence-corrected chi connectivity index (χ3v) is 6.87. The Labute approximate surface area is 193 Å². The lowest BCUT2D eigenvalue weighted by molar-refractivity contribution is -0.140. The van der Waals surface area contributed by atoms with E-state index in [0.717, 1.165) is 24.4 Å². The second-order valence-corrected chi connectivity index (χ2v) is 9.87. The molecule has 1 fully saturated rings. The van der Waals surface area contributed by atoms with E-state index in [4.69, 9.17) is 0 Å². The molecule has 2 heterocycles. The van der Waals surface area contributed by atoms with E-state index in [2.05, 4.69) is 19.8 Å². The average molecular weight is 460 g/mol. The van der Waals surface area contributed by atoms with Crippen molar-refractivity contribution in [2.24, 2.45) is 12.0 Å². The Bertz CT molecular complexity index is 1000. The molecule has 0 unspecified atom stereocenters. The highest BCUT2D eigenvalue weighted by Gasteiger charge is 2.40. The molecule has 1 saturated heterocycles. The van der Waals surface area contributed by atoms with Gasteiger partial charge in [-0.2, -0.15) is 0 Å². The van der Waals surface area contributed by atoms with E-state index < -0.39 is 17.7 Å². The molecule has 0 aliphatic carbocycles. The first-order valence-electron chi connectivity index (χ1n) is 10.8. The molecular weight excluding hydrogens is 426 g/mol. The summed E-state index contributed by atoms with van der Waals surface area (Å²) in [5.74, 6) is -0.165. The van der Waals surface area contributed by atoms with E-state index in [1.54, 1.807) is 23.3 Å². The minimum absolute atomic E-state index is 0.165. The number of aromatic nitrogens is 1. The second kappa shape index (κ2) is 9.87. The first-order valence-corrected chi connectivity index (χ1v) is 11.7. The summed E-state index contributed by atoms with van der Waals surface area (Å²) in [6, 6.07) is 8.33. The van der Waals surface area contributed by atoms with Crippen LogP contribution in [0.5, 0.6) is 0 Å². The van der Waals surface area contributed by atoms with Crippen LogP contribution in [0.25, 0.3) is 0 Å². The lowest BCUT2D eigenvalue weighted by Gasteiger charge is -2.42. The van der Waals surface area contributed by atoms with Crippen LogP contribution in [0.4, 0.5) is 4.79 Å². The molecule has 32 heavy (non-hydrogen) atoms. The van der Waals surface area contributed by atoms with Crippen molar-refractivity contribution in [2.75, 3.05) is 33.2 Å². The smallest absolute Gasteiger partial charge is 0.408 e. The molecule has 8 nitrogen and oxygen atoms in total. The molecule has 2 aromatic rings. The summed E-state index contributed by atoms with van der Waals surface area (Å²) < 4.78 is 2.10. The molecule has 1 aliphatic heterocycles. The van der Waals surface area contributed by atoms with Crippen LogP contribution < -0.4 is 4.80 Å². The molecule has 9 heteroatoms. The van der Waals surface area contributed by atoms with E-state index in [-0.39, 0.29) is 5.91 Å². The van der Waals surface area contributed by atoms with Crippen molar-refractivity contribution >= 4 is 23.3 Å². The first kappa shape index (κ1) is 24.0. The lowest BCUT2D eigenvalue weighted by Crippen LogP contribution is -2.56. The number of thiazole rings is 1. The van der Waals surface area contributed by atoms with E-state index in [0.29, 0.717) is 18.7 Å². The number of benzene rings is 1. The maximum absolute atomic E-state index is 13.6. The highest BCUT2D eigenvalue weighted by molar-refractivity contribution is 7.07. The number of piperazine rings is 1. The summed E-state index contributed by atoms with van der Waals surface area (Å²) in [6.07, 6.45) is -1.10. The van der Waals surface area contributed by atoms with Gasteiger partial charge in [0, 0.05) is 63.4 Å². The van der Waals surface area contributed by atoms with Gasteiger partial charge >= 0.3 is 6.09 Å². The van der Waals surface area contributed by atoms with Crippen LogP contribution in [-0.2, 0) is 18.4 Å². The third-order valence-electron chi connectivity index (χ3n) is 5.82. The van der Waals surface area contributed by atoms with Gasteiger partial charge in [-0.05, 0) is 26.3 Å². The summed E-state index contributed by atoms with van der Waals surface area (Å²) in [5.41, 5.74) is 1.17. The minimum Gasteiger partial charge on any atom is -0.465 e. The molecule has 1 aromatic carbocycles.